The average Bonchev–Trinajstić information content (AvgIpc) is 3.53. The largest absolute Gasteiger partial charge is 0.355 e. The van der Waals surface area contributed by atoms with Crippen LogP contribution in [-0.4, -0.2) is 34.7 Å². The standard InChI is InChI=1S/C27H35N5O2S/c1-4-10-22(23-13-9-18-35-23)28-26(34)20-14-16-31(17-15-20)27-25(29-24(33)5-2)19(3)30-32(27)21-11-7-6-8-12-21/h6-9,11-13,18,20,22H,4-5,10,14-17H2,1-3H3,(H,28,34)(H,29,33)/t22-/m0/s1. The van der Waals surface area contributed by atoms with E-state index in [2.05, 4.69) is 33.9 Å². The maximum absolute atomic E-state index is 13.2. The number of benzene rings is 1. The summed E-state index contributed by atoms with van der Waals surface area (Å²) in [4.78, 5) is 28.9. The third-order valence-electron chi connectivity index (χ3n) is 6.57. The average molecular weight is 494 g/mol. The number of rotatable bonds is 9. The monoisotopic (exact) mass is 493 g/mol. The normalized spacial score (nSPS) is 15.1. The number of nitrogens with one attached hydrogen (secondary N) is 2. The van der Waals surface area contributed by atoms with Crippen LogP contribution < -0.4 is 15.5 Å². The fourth-order valence-corrected chi connectivity index (χ4v) is 5.45. The molecule has 0 aliphatic carbocycles. The minimum absolute atomic E-state index is 0.0200. The van der Waals surface area contributed by atoms with Crippen molar-refractivity contribution < 1.29 is 9.59 Å². The van der Waals surface area contributed by atoms with Gasteiger partial charge in [-0.3, -0.25) is 9.59 Å². The van der Waals surface area contributed by atoms with E-state index in [0.717, 1.165) is 61.7 Å². The van der Waals surface area contributed by atoms with Crippen LogP contribution >= 0.6 is 11.3 Å². The van der Waals surface area contributed by atoms with Crippen LogP contribution in [0, 0.1) is 12.8 Å². The Bertz CT molecular complexity index is 1120. The molecule has 3 aromatic rings. The van der Waals surface area contributed by atoms with Crippen molar-refractivity contribution in [1.82, 2.24) is 15.1 Å². The van der Waals surface area contributed by atoms with Crippen LogP contribution in [0.25, 0.3) is 5.69 Å². The second-order valence-electron chi connectivity index (χ2n) is 9.06. The highest BCUT2D eigenvalue weighted by atomic mass is 32.1. The molecule has 7 nitrogen and oxygen atoms in total. The molecule has 1 aliphatic rings. The molecular weight excluding hydrogens is 458 g/mol. The second kappa shape index (κ2) is 11.5. The lowest BCUT2D eigenvalue weighted by atomic mass is 9.95. The summed E-state index contributed by atoms with van der Waals surface area (Å²) >= 11 is 1.70. The van der Waals surface area contributed by atoms with Gasteiger partial charge in [0.05, 0.1) is 17.4 Å². The van der Waals surface area contributed by atoms with Crippen molar-refractivity contribution in [3.8, 4) is 5.69 Å². The lowest BCUT2D eigenvalue weighted by Gasteiger charge is -2.34. The van der Waals surface area contributed by atoms with Gasteiger partial charge < -0.3 is 15.5 Å². The van der Waals surface area contributed by atoms with Crippen molar-refractivity contribution in [2.75, 3.05) is 23.3 Å². The number of aryl methyl sites for hydroxylation is 1. The lowest BCUT2D eigenvalue weighted by molar-refractivity contribution is -0.126. The first-order valence-electron chi connectivity index (χ1n) is 12.5. The highest BCUT2D eigenvalue weighted by molar-refractivity contribution is 7.10. The Morgan fingerprint density at radius 2 is 1.86 bits per heavy atom. The number of nitrogens with zero attached hydrogens (tertiary/aromatic N) is 3. The van der Waals surface area contributed by atoms with Crippen molar-refractivity contribution in [2.45, 2.75) is 58.9 Å². The molecule has 3 heterocycles. The van der Waals surface area contributed by atoms with Gasteiger partial charge in [0.2, 0.25) is 11.8 Å². The molecule has 0 unspecified atom stereocenters. The van der Waals surface area contributed by atoms with Crippen LogP contribution in [-0.2, 0) is 9.59 Å². The molecule has 8 heteroatoms. The number of anilines is 2. The first-order chi connectivity index (χ1) is 17.0. The summed E-state index contributed by atoms with van der Waals surface area (Å²) in [7, 11) is 0. The Hall–Kier alpha value is -3.13. The fraction of sp³-hybridized carbons (Fsp3) is 0.444. The van der Waals surface area contributed by atoms with E-state index in [9.17, 15) is 9.59 Å². The Morgan fingerprint density at radius 1 is 1.11 bits per heavy atom. The van der Waals surface area contributed by atoms with Gasteiger partial charge in [-0.25, -0.2) is 4.68 Å². The summed E-state index contributed by atoms with van der Waals surface area (Å²) in [6.07, 6.45) is 3.89. The van der Waals surface area contributed by atoms with Crippen LogP contribution in [0.15, 0.2) is 47.8 Å². The molecule has 1 saturated heterocycles. The summed E-state index contributed by atoms with van der Waals surface area (Å²) in [6.45, 7) is 7.37. The summed E-state index contributed by atoms with van der Waals surface area (Å²) < 4.78 is 1.91. The van der Waals surface area contributed by atoms with Gasteiger partial charge in [0.25, 0.3) is 0 Å². The van der Waals surface area contributed by atoms with E-state index in [1.54, 1.807) is 11.3 Å². The van der Waals surface area contributed by atoms with Gasteiger partial charge >= 0.3 is 0 Å². The maximum atomic E-state index is 13.2. The van der Waals surface area contributed by atoms with Crippen LogP contribution in [0.2, 0.25) is 0 Å². The number of carbonyl (C=O) groups is 2. The van der Waals surface area contributed by atoms with Gasteiger partial charge in [0, 0.05) is 30.3 Å². The molecule has 2 N–H and O–H groups in total. The predicted octanol–water partition coefficient (Wildman–Crippen LogP) is 5.46. The highest BCUT2D eigenvalue weighted by Crippen LogP contribution is 2.35. The second-order valence-corrected chi connectivity index (χ2v) is 10.0. The minimum Gasteiger partial charge on any atom is -0.355 e. The van der Waals surface area contributed by atoms with Gasteiger partial charge in [-0.1, -0.05) is 44.5 Å². The van der Waals surface area contributed by atoms with E-state index >= 15 is 0 Å². The zero-order valence-electron chi connectivity index (χ0n) is 20.8. The number of thiophene rings is 1. The molecule has 0 bridgehead atoms. The van der Waals surface area contributed by atoms with Crippen LogP contribution in [0.3, 0.4) is 0 Å². The van der Waals surface area contributed by atoms with Crippen LogP contribution in [0.5, 0.6) is 0 Å². The molecule has 186 valence electrons. The molecule has 0 spiro atoms. The Labute approximate surface area is 211 Å². The smallest absolute Gasteiger partial charge is 0.224 e. The zero-order valence-corrected chi connectivity index (χ0v) is 21.6. The number of para-hydroxylation sites is 1. The van der Waals surface area contributed by atoms with Gasteiger partial charge in [-0.15, -0.1) is 11.3 Å². The molecular formula is C27H35N5O2S. The molecule has 2 aromatic heterocycles. The number of amides is 2. The SMILES string of the molecule is CCC[C@H](NC(=O)C1CCN(c2c(NC(=O)CC)c(C)nn2-c2ccccc2)CC1)c1cccs1. The number of piperidine rings is 1. The molecule has 2 amide bonds. The van der Waals surface area contributed by atoms with Gasteiger partial charge in [0.1, 0.15) is 5.69 Å². The molecule has 1 aromatic carbocycles. The van der Waals surface area contributed by atoms with Gasteiger partial charge in [-0.05, 0) is 49.8 Å². The quantitative estimate of drug-likeness (QED) is 0.415. The Morgan fingerprint density at radius 3 is 2.49 bits per heavy atom. The van der Waals surface area contributed by atoms with Crippen LogP contribution in [0.1, 0.15) is 62.6 Å². The fourth-order valence-electron chi connectivity index (χ4n) is 4.64. The van der Waals surface area contributed by atoms with Crippen molar-refractivity contribution in [3.63, 3.8) is 0 Å². The van der Waals surface area contributed by atoms with Gasteiger partial charge in [-0.2, -0.15) is 5.10 Å². The van der Waals surface area contributed by atoms with Crippen molar-refractivity contribution in [3.05, 3.63) is 58.4 Å². The molecule has 0 radical (unpaired) electrons. The third kappa shape index (κ3) is 5.75. The van der Waals surface area contributed by atoms with Crippen LogP contribution in [0.4, 0.5) is 11.5 Å². The zero-order chi connectivity index (χ0) is 24.8. The third-order valence-corrected chi connectivity index (χ3v) is 7.55. The summed E-state index contributed by atoms with van der Waals surface area (Å²) in [5, 5.41) is 13.2. The predicted molar refractivity (Wildman–Crippen MR) is 142 cm³/mol. The van der Waals surface area contributed by atoms with E-state index in [1.165, 1.54) is 4.88 Å². The number of hydrogen-bond donors (Lipinski definition) is 2. The van der Waals surface area contributed by atoms with E-state index in [-0.39, 0.29) is 23.8 Å². The molecule has 1 aliphatic heterocycles. The molecule has 1 atom stereocenters. The lowest BCUT2D eigenvalue weighted by Crippen LogP contribution is -2.42. The summed E-state index contributed by atoms with van der Waals surface area (Å²) in [6, 6.07) is 14.2. The van der Waals surface area contributed by atoms with E-state index in [4.69, 9.17) is 5.10 Å². The molecule has 4 rings (SSSR count). The molecule has 35 heavy (non-hydrogen) atoms. The highest BCUT2D eigenvalue weighted by Gasteiger charge is 2.31. The Kier molecular flexibility index (Phi) is 8.23. The minimum atomic E-state index is -0.0354. The van der Waals surface area contributed by atoms with Gasteiger partial charge in [0.15, 0.2) is 5.82 Å². The number of aromatic nitrogens is 2. The topological polar surface area (TPSA) is 79.3 Å². The van der Waals surface area contributed by atoms with Crippen molar-refractivity contribution in [2.24, 2.45) is 5.92 Å². The summed E-state index contributed by atoms with van der Waals surface area (Å²) in [5.74, 6) is 0.973. The van der Waals surface area contributed by atoms with E-state index < -0.39 is 0 Å². The summed E-state index contributed by atoms with van der Waals surface area (Å²) in [5.41, 5.74) is 2.48. The maximum Gasteiger partial charge on any atom is 0.224 e. The number of carbonyl (C=O) groups excluding carboxylic acids is 2. The first kappa shape index (κ1) is 25.0. The van der Waals surface area contributed by atoms with E-state index in [1.807, 2.05) is 54.9 Å². The van der Waals surface area contributed by atoms with Crippen molar-refractivity contribution in [1.29, 1.82) is 0 Å². The Balaban J connectivity index is 1.51. The number of hydrogen-bond acceptors (Lipinski definition) is 5. The first-order valence-corrected chi connectivity index (χ1v) is 13.4. The molecule has 1 fully saturated rings. The van der Waals surface area contributed by atoms with E-state index in [0.29, 0.717) is 6.42 Å². The molecule has 0 saturated carbocycles. The van der Waals surface area contributed by atoms with Crippen molar-refractivity contribution >= 4 is 34.7 Å².